The van der Waals surface area contributed by atoms with Gasteiger partial charge in [0, 0.05) is 24.1 Å². The van der Waals surface area contributed by atoms with Crippen LogP contribution in [0.4, 0.5) is 5.82 Å². The Morgan fingerprint density at radius 2 is 2.05 bits per heavy atom. The van der Waals surface area contributed by atoms with Crippen LogP contribution in [0, 0.1) is 0 Å². The van der Waals surface area contributed by atoms with E-state index in [0.29, 0.717) is 18.9 Å². The quantitative estimate of drug-likeness (QED) is 0.839. The molecule has 1 aromatic heterocycles. The van der Waals surface area contributed by atoms with Crippen molar-refractivity contribution < 1.29 is 0 Å². The molecule has 1 aromatic carbocycles. The third-order valence-corrected chi connectivity index (χ3v) is 3.89. The molecule has 0 unspecified atom stereocenters. The Kier molecular flexibility index (Phi) is 4.80. The summed E-state index contributed by atoms with van der Waals surface area (Å²) in [5.41, 5.74) is 0.264. The first-order chi connectivity index (χ1) is 10.0. The van der Waals surface area contributed by atoms with E-state index in [0.717, 1.165) is 14.6 Å². The molecule has 2 aromatic rings. The molecule has 5 nitrogen and oxygen atoms in total. The van der Waals surface area contributed by atoms with Crippen molar-refractivity contribution in [1.82, 2.24) is 9.13 Å². The molecule has 0 radical (unpaired) electrons. The van der Waals surface area contributed by atoms with Crippen molar-refractivity contribution in [3.8, 4) is 0 Å². The zero-order chi connectivity index (χ0) is 15.4. The van der Waals surface area contributed by atoms with Gasteiger partial charge < -0.3 is 5.32 Å². The number of hydrogen-bond acceptors (Lipinski definition) is 3. The smallest absolute Gasteiger partial charge is 0.332 e. The zero-order valence-electron chi connectivity index (χ0n) is 11.7. The van der Waals surface area contributed by atoms with Gasteiger partial charge in [0.25, 0.3) is 5.56 Å². The maximum atomic E-state index is 12.3. The zero-order valence-corrected chi connectivity index (χ0v) is 13.3. The molecule has 0 amide bonds. The van der Waals surface area contributed by atoms with Gasteiger partial charge in [-0.25, -0.2) is 4.79 Å². The summed E-state index contributed by atoms with van der Waals surface area (Å²) >= 11 is 3.47. The molecule has 0 atom stereocenters. The van der Waals surface area contributed by atoms with Crippen LogP contribution in [-0.4, -0.2) is 15.7 Å². The van der Waals surface area contributed by atoms with Crippen LogP contribution in [0.2, 0.25) is 0 Å². The Balaban J connectivity index is 2.53. The van der Waals surface area contributed by atoms with Crippen molar-refractivity contribution in [3.63, 3.8) is 0 Å². The molecule has 110 valence electrons. The average Bonchev–Trinajstić information content (AvgIpc) is 2.48. The van der Waals surface area contributed by atoms with Crippen LogP contribution in [0.25, 0.3) is 0 Å². The Bertz CT molecular complexity index is 777. The Hall–Kier alpha value is -2.08. The molecule has 21 heavy (non-hydrogen) atoms. The first-order valence-corrected chi connectivity index (χ1v) is 7.23. The van der Waals surface area contributed by atoms with Crippen LogP contribution in [0.5, 0.6) is 0 Å². The summed E-state index contributed by atoms with van der Waals surface area (Å²) in [5.74, 6) is 0.485. The third-order valence-electron chi connectivity index (χ3n) is 3.11. The fraction of sp³-hybridized carbons (Fsp3) is 0.200. The number of halogens is 1. The van der Waals surface area contributed by atoms with E-state index in [4.69, 9.17) is 0 Å². The molecular weight excluding hydrogens is 334 g/mol. The van der Waals surface area contributed by atoms with Crippen LogP contribution in [0.1, 0.15) is 5.56 Å². The Morgan fingerprint density at radius 1 is 1.33 bits per heavy atom. The minimum Gasteiger partial charge on any atom is -0.368 e. The second-order valence-corrected chi connectivity index (χ2v) is 5.41. The minimum atomic E-state index is -0.357. The number of rotatable bonds is 5. The lowest BCUT2D eigenvalue weighted by Gasteiger charge is -2.15. The maximum absolute atomic E-state index is 12.3. The topological polar surface area (TPSA) is 56.0 Å². The summed E-state index contributed by atoms with van der Waals surface area (Å²) < 4.78 is 3.54. The van der Waals surface area contributed by atoms with Crippen molar-refractivity contribution in [1.29, 1.82) is 0 Å². The van der Waals surface area contributed by atoms with Gasteiger partial charge in [0.2, 0.25) is 0 Å². The highest BCUT2D eigenvalue weighted by atomic mass is 79.9. The van der Waals surface area contributed by atoms with Gasteiger partial charge in [-0.3, -0.25) is 13.9 Å². The summed E-state index contributed by atoms with van der Waals surface area (Å²) in [6.45, 7) is 4.47. The molecule has 0 aliphatic heterocycles. The largest absolute Gasteiger partial charge is 0.368 e. The number of aromatic nitrogens is 2. The van der Waals surface area contributed by atoms with E-state index >= 15 is 0 Å². The van der Waals surface area contributed by atoms with Gasteiger partial charge in [0.15, 0.2) is 0 Å². The predicted molar refractivity (Wildman–Crippen MR) is 87.9 cm³/mol. The first kappa shape index (κ1) is 15.3. The molecule has 1 N–H and O–H groups in total. The van der Waals surface area contributed by atoms with Crippen LogP contribution >= 0.6 is 15.9 Å². The van der Waals surface area contributed by atoms with Crippen LogP contribution in [0.3, 0.4) is 0 Å². The fourth-order valence-corrected chi connectivity index (χ4v) is 2.35. The summed E-state index contributed by atoms with van der Waals surface area (Å²) in [7, 11) is 1.47. The highest BCUT2D eigenvalue weighted by molar-refractivity contribution is 9.10. The van der Waals surface area contributed by atoms with Gasteiger partial charge in [-0.15, -0.1) is 6.58 Å². The lowest BCUT2D eigenvalue weighted by Crippen LogP contribution is -2.39. The van der Waals surface area contributed by atoms with Crippen LogP contribution in [-0.2, 0) is 13.6 Å². The highest BCUT2D eigenvalue weighted by Crippen LogP contribution is 2.17. The Labute approximate surface area is 130 Å². The van der Waals surface area contributed by atoms with E-state index < -0.39 is 0 Å². The monoisotopic (exact) mass is 349 g/mol. The molecule has 6 heteroatoms. The molecule has 0 bridgehead atoms. The van der Waals surface area contributed by atoms with Gasteiger partial charge in [-0.05, 0) is 11.6 Å². The molecule has 0 saturated carbocycles. The van der Waals surface area contributed by atoms with Gasteiger partial charge in [0.1, 0.15) is 5.82 Å². The minimum absolute atomic E-state index is 0.338. The standard InChI is InChI=1S/C15H16BrN3O2/c1-3-8-17-13-9-14(20)18(2)15(21)19(13)10-11-6-4-5-7-12(11)16/h3-7,9,17H,1,8,10H2,2H3. The lowest BCUT2D eigenvalue weighted by atomic mass is 10.2. The molecule has 1 heterocycles. The van der Waals surface area contributed by atoms with Crippen molar-refractivity contribution in [2.45, 2.75) is 6.54 Å². The number of nitrogens with zero attached hydrogens (tertiary/aromatic N) is 2. The van der Waals surface area contributed by atoms with E-state index in [1.807, 2.05) is 24.3 Å². The van der Waals surface area contributed by atoms with Crippen molar-refractivity contribution >= 4 is 21.7 Å². The van der Waals surface area contributed by atoms with Gasteiger partial charge >= 0.3 is 5.69 Å². The number of benzene rings is 1. The maximum Gasteiger partial charge on any atom is 0.332 e. The molecule has 0 fully saturated rings. The molecular formula is C15H16BrN3O2. The van der Waals surface area contributed by atoms with E-state index in [1.165, 1.54) is 17.7 Å². The number of anilines is 1. The fourth-order valence-electron chi connectivity index (χ4n) is 1.94. The summed E-state index contributed by atoms with van der Waals surface area (Å²) in [6.07, 6.45) is 1.67. The average molecular weight is 350 g/mol. The Morgan fingerprint density at radius 3 is 2.71 bits per heavy atom. The SMILES string of the molecule is C=CCNc1cc(=O)n(C)c(=O)n1Cc1ccccc1Br. The van der Waals surface area contributed by atoms with Crippen molar-refractivity contribution in [2.24, 2.45) is 7.05 Å². The lowest BCUT2D eigenvalue weighted by molar-refractivity contribution is 0.650. The molecule has 2 rings (SSSR count). The molecule has 0 aliphatic carbocycles. The second kappa shape index (κ2) is 6.58. The van der Waals surface area contributed by atoms with Crippen molar-refractivity contribution in [3.05, 3.63) is 73.9 Å². The van der Waals surface area contributed by atoms with Crippen LogP contribution < -0.4 is 16.6 Å². The van der Waals surface area contributed by atoms with E-state index in [9.17, 15) is 9.59 Å². The number of nitrogens with one attached hydrogen (secondary N) is 1. The molecule has 0 saturated heterocycles. The predicted octanol–water partition coefficient (Wildman–Crippen LogP) is 1.96. The van der Waals surface area contributed by atoms with E-state index in [2.05, 4.69) is 27.8 Å². The molecule has 0 aliphatic rings. The summed E-state index contributed by atoms with van der Waals surface area (Å²) in [5, 5.41) is 3.03. The molecule has 0 spiro atoms. The summed E-state index contributed by atoms with van der Waals surface area (Å²) in [4.78, 5) is 24.1. The van der Waals surface area contributed by atoms with Gasteiger partial charge in [0.05, 0.1) is 6.54 Å². The highest BCUT2D eigenvalue weighted by Gasteiger charge is 2.10. The second-order valence-electron chi connectivity index (χ2n) is 4.56. The number of hydrogen-bond donors (Lipinski definition) is 1. The van der Waals surface area contributed by atoms with E-state index in [1.54, 1.807) is 6.08 Å². The van der Waals surface area contributed by atoms with E-state index in [-0.39, 0.29) is 11.2 Å². The van der Waals surface area contributed by atoms with Crippen LogP contribution in [0.15, 0.2) is 57.0 Å². The van der Waals surface area contributed by atoms with Crippen molar-refractivity contribution in [2.75, 3.05) is 11.9 Å². The normalized spacial score (nSPS) is 10.4. The first-order valence-electron chi connectivity index (χ1n) is 6.43. The van der Waals surface area contributed by atoms with Gasteiger partial charge in [-0.1, -0.05) is 40.2 Å². The van der Waals surface area contributed by atoms with Gasteiger partial charge in [-0.2, -0.15) is 0 Å². The summed E-state index contributed by atoms with van der Waals surface area (Å²) in [6, 6.07) is 9.08. The third kappa shape index (κ3) is 3.33.